The van der Waals surface area contributed by atoms with Gasteiger partial charge in [-0.25, -0.2) is 0 Å². The third kappa shape index (κ3) is 2.00. The lowest BCUT2D eigenvalue weighted by Gasteiger charge is -2.46. The number of likely N-dealkylation sites (tertiary alicyclic amines) is 1. The predicted octanol–water partition coefficient (Wildman–Crippen LogP) is 1.17. The van der Waals surface area contributed by atoms with E-state index in [4.69, 9.17) is 5.73 Å². The monoisotopic (exact) mass is 234 g/mol. The molecule has 0 saturated carbocycles. The molecule has 0 bridgehead atoms. The van der Waals surface area contributed by atoms with Crippen molar-refractivity contribution in [1.29, 1.82) is 0 Å². The smallest absolute Gasteiger partial charge is 0.254 e. The Morgan fingerprint density at radius 3 is 2.76 bits per heavy atom. The first-order chi connectivity index (χ1) is 7.97. The van der Waals surface area contributed by atoms with Crippen molar-refractivity contribution < 1.29 is 9.90 Å². The van der Waals surface area contributed by atoms with Crippen LogP contribution in [0.3, 0.4) is 0 Å². The molecule has 92 valence electrons. The quantitative estimate of drug-likeness (QED) is 0.755. The van der Waals surface area contributed by atoms with Crippen molar-refractivity contribution in [2.75, 3.05) is 18.8 Å². The van der Waals surface area contributed by atoms with Gasteiger partial charge in [0.15, 0.2) is 0 Å². The van der Waals surface area contributed by atoms with Gasteiger partial charge >= 0.3 is 0 Å². The molecular weight excluding hydrogens is 216 g/mol. The van der Waals surface area contributed by atoms with Crippen LogP contribution in [0, 0.1) is 6.92 Å². The second kappa shape index (κ2) is 4.04. The van der Waals surface area contributed by atoms with Crippen LogP contribution in [0.5, 0.6) is 0 Å². The molecule has 2 rings (SSSR count). The van der Waals surface area contributed by atoms with Crippen LogP contribution in [0.1, 0.15) is 29.3 Å². The summed E-state index contributed by atoms with van der Waals surface area (Å²) in [5.41, 5.74) is 7.15. The van der Waals surface area contributed by atoms with Crippen LogP contribution in [-0.4, -0.2) is 34.6 Å². The molecule has 0 atom stereocenters. The van der Waals surface area contributed by atoms with E-state index in [-0.39, 0.29) is 5.91 Å². The maximum Gasteiger partial charge on any atom is 0.254 e. The number of carbonyl (C=O) groups excluding carboxylic acids is 1. The number of amides is 1. The third-order valence-corrected chi connectivity index (χ3v) is 3.52. The number of hydrogen-bond acceptors (Lipinski definition) is 3. The highest BCUT2D eigenvalue weighted by Gasteiger charge is 2.42. The number of rotatable bonds is 2. The molecule has 1 aliphatic rings. The molecule has 1 aromatic rings. The van der Waals surface area contributed by atoms with Crippen molar-refractivity contribution in [2.24, 2.45) is 0 Å². The fraction of sp³-hybridized carbons (Fsp3) is 0.462. The van der Waals surface area contributed by atoms with E-state index in [0.29, 0.717) is 30.8 Å². The summed E-state index contributed by atoms with van der Waals surface area (Å²) in [6.07, 6.45) is 0.673. The zero-order chi connectivity index (χ0) is 12.6. The molecule has 17 heavy (non-hydrogen) atoms. The van der Waals surface area contributed by atoms with Crippen LogP contribution >= 0.6 is 0 Å². The third-order valence-electron chi connectivity index (χ3n) is 3.52. The lowest BCUT2D eigenvalue weighted by atomic mass is 9.90. The lowest BCUT2D eigenvalue weighted by Crippen LogP contribution is -2.63. The van der Waals surface area contributed by atoms with Crippen LogP contribution < -0.4 is 5.73 Å². The number of benzene rings is 1. The molecule has 0 radical (unpaired) electrons. The van der Waals surface area contributed by atoms with Crippen LogP contribution in [0.15, 0.2) is 18.2 Å². The van der Waals surface area contributed by atoms with E-state index in [9.17, 15) is 9.90 Å². The Morgan fingerprint density at radius 2 is 2.18 bits per heavy atom. The fourth-order valence-corrected chi connectivity index (χ4v) is 2.09. The Kier molecular flexibility index (Phi) is 2.83. The molecule has 4 heteroatoms. The predicted molar refractivity (Wildman–Crippen MR) is 66.7 cm³/mol. The Labute approximate surface area is 101 Å². The first-order valence-electron chi connectivity index (χ1n) is 5.83. The zero-order valence-corrected chi connectivity index (χ0v) is 10.2. The highest BCUT2D eigenvalue weighted by atomic mass is 16.3. The Balaban J connectivity index is 2.15. The number of carbonyl (C=O) groups is 1. The maximum atomic E-state index is 12.2. The number of anilines is 1. The van der Waals surface area contributed by atoms with Gasteiger partial charge in [0.1, 0.15) is 0 Å². The van der Waals surface area contributed by atoms with Crippen LogP contribution in [-0.2, 0) is 0 Å². The molecule has 0 aliphatic carbocycles. The zero-order valence-electron chi connectivity index (χ0n) is 10.2. The topological polar surface area (TPSA) is 66.6 Å². The summed E-state index contributed by atoms with van der Waals surface area (Å²) in [7, 11) is 0. The number of nitrogens with zero attached hydrogens (tertiary/aromatic N) is 1. The molecule has 1 aliphatic heterocycles. The van der Waals surface area contributed by atoms with Crippen LogP contribution in [0.4, 0.5) is 5.69 Å². The fourth-order valence-electron chi connectivity index (χ4n) is 2.09. The van der Waals surface area contributed by atoms with Crippen LogP contribution in [0.2, 0.25) is 0 Å². The van der Waals surface area contributed by atoms with Gasteiger partial charge in [-0.05, 0) is 31.0 Å². The van der Waals surface area contributed by atoms with E-state index < -0.39 is 5.60 Å². The van der Waals surface area contributed by atoms with Gasteiger partial charge in [-0.2, -0.15) is 0 Å². The second-order valence-electron chi connectivity index (χ2n) is 4.76. The summed E-state index contributed by atoms with van der Waals surface area (Å²) in [6.45, 7) is 4.59. The van der Waals surface area contributed by atoms with E-state index in [2.05, 4.69) is 0 Å². The first-order valence-corrected chi connectivity index (χ1v) is 5.83. The van der Waals surface area contributed by atoms with Crippen molar-refractivity contribution in [3.63, 3.8) is 0 Å². The van der Waals surface area contributed by atoms with Gasteiger partial charge < -0.3 is 15.7 Å². The molecule has 4 nitrogen and oxygen atoms in total. The maximum absolute atomic E-state index is 12.2. The highest BCUT2D eigenvalue weighted by Crippen LogP contribution is 2.27. The number of nitrogen functional groups attached to an aromatic ring is 1. The SMILES string of the molecule is CCC1(O)CN(C(=O)c2cccc(N)c2C)C1. The van der Waals surface area contributed by atoms with E-state index in [1.807, 2.05) is 13.8 Å². The molecule has 0 unspecified atom stereocenters. The van der Waals surface area contributed by atoms with Crippen molar-refractivity contribution in [2.45, 2.75) is 25.9 Å². The second-order valence-corrected chi connectivity index (χ2v) is 4.76. The summed E-state index contributed by atoms with van der Waals surface area (Å²) in [6, 6.07) is 5.34. The Bertz CT molecular complexity index is 451. The highest BCUT2D eigenvalue weighted by molar-refractivity contribution is 5.97. The summed E-state index contributed by atoms with van der Waals surface area (Å²) in [5, 5.41) is 9.89. The van der Waals surface area contributed by atoms with E-state index in [1.54, 1.807) is 23.1 Å². The molecule has 1 aromatic carbocycles. The van der Waals surface area contributed by atoms with Gasteiger partial charge in [-0.3, -0.25) is 4.79 Å². The van der Waals surface area contributed by atoms with E-state index in [1.165, 1.54) is 0 Å². The molecule has 1 amide bonds. The molecule has 1 heterocycles. The Hall–Kier alpha value is -1.55. The van der Waals surface area contributed by atoms with Crippen LogP contribution in [0.25, 0.3) is 0 Å². The minimum atomic E-state index is -0.691. The molecule has 0 aromatic heterocycles. The average molecular weight is 234 g/mol. The van der Waals surface area contributed by atoms with Crippen molar-refractivity contribution in [3.05, 3.63) is 29.3 Å². The van der Waals surface area contributed by atoms with E-state index >= 15 is 0 Å². The average Bonchev–Trinajstić information content (AvgIpc) is 2.28. The molecule has 0 spiro atoms. The Morgan fingerprint density at radius 1 is 1.53 bits per heavy atom. The normalized spacial score (nSPS) is 17.7. The van der Waals surface area contributed by atoms with Gasteiger partial charge in [0.05, 0.1) is 18.7 Å². The first kappa shape index (κ1) is 11.9. The van der Waals surface area contributed by atoms with Crippen molar-refractivity contribution in [3.8, 4) is 0 Å². The van der Waals surface area contributed by atoms with Gasteiger partial charge in [0.25, 0.3) is 5.91 Å². The molecular formula is C13H18N2O2. The summed E-state index contributed by atoms with van der Waals surface area (Å²) < 4.78 is 0. The minimum Gasteiger partial charge on any atom is -0.398 e. The summed E-state index contributed by atoms with van der Waals surface area (Å²) in [4.78, 5) is 13.8. The number of hydrogen-bond donors (Lipinski definition) is 2. The standard InChI is InChI=1S/C13H18N2O2/c1-3-13(17)7-15(8-13)12(16)10-5-4-6-11(14)9(10)2/h4-6,17H,3,7-8,14H2,1-2H3. The number of β-amino-alcohol motifs (C(OH)–C–C–N with tert-alkyl or cyclic N) is 1. The number of nitrogens with two attached hydrogens (primary N) is 1. The van der Waals surface area contributed by atoms with Crippen molar-refractivity contribution in [1.82, 2.24) is 4.90 Å². The summed E-state index contributed by atoms with van der Waals surface area (Å²) in [5.74, 6) is -0.0482. The van der Waals surface area contributed by atoms with Gasteiger partial charge in [0, 0.05) is 11.3 Å². The van der Waals surface area contributed by atoms with Gasteiger partial charge in [-0.15, -0.1) is 0 Å². The summed E-state index contributed by atoms with van der Waals surface area (Å²) >= 11 is 0. The largest absolute Gasteiger partial charge is 0.398 e. The molecule has 1 saturated heterocycles. The van der Waals surface area contributed by atoms with Gasteiger partial charge in [-0.1, -0.05) is 13.0 Å². The minimum absolute atomic E-state index is 0.0482. The van der Waals surface area contributed by atoms with E-state index in [0.717, 1.165) is 5.56 Å². The number of aliphatic hydroxyl groups is 1. The van der Waals surface area contributed by atoms with Crippen molar-refractivity contribution >= 4 is 11.6 Å². The molecule has 3 N–H and O–H groups in total. The van der Waals surface area contributed by atoms with Gasteiger partial charge in [0.2, 0.25) is 0 Å². The molecule has 1 fully saturated rings. The lowest BCUT2D eigenvalue weighted by molar-refractivity contribution is -0.0826.